The van der Waals surface area contributed by atoms with Gasteiger partial charge in [-0.15, -0.1) is 0 Å². The molecule has 1 aromatic rings. The highest BCUT2D eigenvalue weighted by molar-refractivity contribution is 6.02. The van der Waals surface area contributed by atoms with Gasteiger partial charge in [0.05, 0.1) is 10.5 Å². The number of unbranched alkanes of at least 4 members (excludes halogenated alkanes) is 1. The topological polar surface area (TPSA) is 110 Å². The molecule has 1 aliphatic rings. The predicted octanol–water partition coefficient (Wildman–Crippen LogP) is 3.72. The molecule has 1 aromatic carbocycles. The smallest absolute Gasteiger partial charge is 0.338 e. The number of rotatable bonds is 8. The minimum atomic E-state index is -1.13. The van der Waals surface area contributed by atoms with Gasteiger partial charge < -0.3 is 9.64 Å². The number of urea groups is 1. The summed E-state index contributed by atoms with van der Waals surface area (Å²) in [6, 6.07) is 3.82. The van der Waals surface area contributed by atoms with E-state index in [9.17, 15) is 24.5 Å². The van der Waals surface area contributed by atoms with Gasteiger partial charge in [0.15, 0.2) is 0 Å². The maximum atomic E-state index is 13.0. The Morgan fingerprint density at radius 2 is 2.07 bits per heavy atom. The number of hydrogen-bond acceptors (Lipinski definition) is 6. The SMILES string of the molecule is C=CCOC(=O)C1=C(C)N(C)C(=O)N(C(=O)CCCC)C1c1cccc([N+](=O)[O-])c1. The minimum absolute atomic E-state index is 0.0568. The van der Waals surface area contributed by atoms with E-state index in [0.717, 1.165) is 11.3 Å². The van der Waals surface area contributed by atoms with E-state index in [2.05, 4.69) is 6.58 Å². The Morgan fingerprint density at radius 1 is 1.37 bits per heavy atom. The number of nitrogens with zero attached hydrogens (tertiary/aromatic N) is 3. The van der Waals surface area contributed by atoms with Crippen molar-refractivity contribution in [3.8, 4) is 0 Å². The number of benzene rings is 1. The van der Waals surface area contributed by atoms with Gasteiger partial charge in [0, 0.05) is 31.3 Å². The van der Waals surface area contributed by atoms with Crippen LogP contribution in [-0.2, 0) is 14.3 Å². The minimum Gasteiger partial charge on any atom is -0.458 e. The van der Waals surface area contributed by atoms with Crippen LogP contribution in [0.1, 0.15) is 44.7 Å². The van der Waals surface area contributed by atoms with Crippen molar-refractivity contribution in [1.29, 1.82) is 0 Å². The molecule has 3 amide bonds. The van der Waals surface area contributed by atoms with Gasteiger partial charge in [0.2, 0.25) is 5.91 Å². The van der Waals surface area contributed by atoms with Crippen LogP contribution in [0, 0.1) is 10.1 Å². The van der Waals surface area contributed by atoms with E-state index >= 15 is 0 Å². The number of imide groups is 1. The third-order valence-corrected chi connectivity index (χ3v) is 4.88. The van der Waals surface area contributed by atoms with Crippen LogP contribution in [0.15, 0.2) is 48.2 Å². The summed E-state index contributed by atoms with van der Waals surface area (Å²) in [6.45, 7) is 6.94. The number of carbonyl (C=O) groups excluding carboxylic acids is 3. The second-order valence-electron chi connectivity index (χ2n) is 6.85. The molecule has 30 heavy (non-hydrogen) atoms. The van der Waals surface area contributed by atoms with Crippen LogP contribution in [-0.4, -0.2) is 46.3 Å². The van der Waals surface area contributed by atoms with Gasteiger partial charge in [-0.2, -0.15) is 0 Å². The Hall–Kier alpha value is -3.49. The summed E-state index contributed by atoms with van der Waals surface area (Å²) in [4.78, 5) is 51.7. The molecule has 1 atom stereocenters. The third-order valence-electron chi connectivity index (χ3n) is 4.88. The zero-order valence-corrected chi connectivity index (χ0v) is 17.3. The molecule has 9 heteroatoms. The average Bonchev–Trinajstić information content (AvgIpc) is 2.73. The van der Waals surface area contributed by atoms with Gasteiger partial charge in [0.1, 0.15) is 12.6 Å². The summed E-state index contributed by atoms with van der Waals surface area (Å²) in [7, 11) is 1.46. The highest BCUT2D eigenvalue weighted by Gasteiger charge is 2.44. The molecule has 0 saturated carbocycles. The van der Waals surface area contributed by atoms with E-state index in [1.165, 1.54) is 36.2 Å². The summed E-state index contributed by atoms with van der Waals surface area (Å²) in [5.74, 6) is -1.19. The maximum absolute atomic E-state index is 13.0. The van der Waals surface area contributed by atoms with Crippen LogP contribution in [0.4, 0.5) is 10.5 Å². The first-order chi connectivity index (χ1) is 14.2. The monoisotopic (exact) mass is 415 g/mol. The van der Waals surface area contributed by atoms with E-state index in [0.29, 0.717) is 12.1 Å². The molecular weight excluding hydrogens is 390 g/mol. The quantitative estimate of drug-likeness (QED) is 0.277. The molecule has 1 unspecified atom stereocenters. The number of ether oxygens (including phenoxy) is 1. The Bertz CT molecular complexity index is 908. The fourth-order valence-electron chi connectivity index (χ4n) is 3.22. The lowest BCUT2D eigenvalue weighted by atomic mass is 9.92. The zero-order valence-electron chi connectivity index (χ0n) is 17.3. The highest BCUT2D eigenvalue weighted by Crippen LogP contribution is 2.38. The van der Waals surface area contributed by atoms with Crippen LogP contribution in [0.3, 0.4) is 0 Å². The summed E-state index contributed by atoms with van der Waals surface area (Å²) >= 11 is 0. The summed E-state index contributed by atoms with van der Waals surface area (Å²) < 4.78 is 5.20. The molecule has 0 fully saturated rings. The van der Waals surface area contributed by atoms with Crippen LogP contribution >= 0.6 is 0 Å². The van der Waals surface area contributed by atoms with Crippen molar-refractivity contribution in [1.82, 2.24) is 9.80 Å². The summed E-state index contributed by atoms with van der Waals surface area (Å²) in [5, 5.41) is 11.3. The average molecular weight is 415 g/mol. The van der Waals surface area contributed by atoms with Gasteiger partial charge >= 0.3 is 12.0 Å². The Kier molecular flexibility index (Phi) is 7.46. The first-order valence-corrected chi connectivity index (χ1v) is 9.57. The van der Waals surface area contributed by atoms with Crippen LogP contribution in [0.2, 0.25) is 0 Å². The third kappa shape index (κ3) is 4.56. The highest BCUT2D eigenvalue weighted by atomic mass is 16.6. The lowest BCUT2D eigenvalue weighted by molar-refractivity contribution is -0.384. The van der Waals surface area contributed by atoms with Crippen LogP contribution in [0.5, 0.6) is 0 Å². The fourth-order valence-corrected chi connectivity index (χ4v) is 3.22. The van der Waals surface area contributed by atoms with Crippen LogP contribution < -0.4 is 0 Å². The molecule has 0 spiro atoms. The fraction of sp³-hybridized carbons (Fsp3) is 0.381. The van der Waals surface area contributed by atoms with Gasteiger partial charge in [0.25, 0.3) is 5.69 Å². The molecule has 0 radical (unpaired) electrons. The number of hydrogen-bond donors (Lipinski definition) is 0. The molecule has 9 nitrogen and oxygen atoms in total. The Morgan fingerprint density at radius 3 is 2.67 bits per heavy atom. The molecule has 1 heterocycles. The van der Waals surface area contributed by atoms with E-state index in [1.807, 2.05) is 6.92 Å². The normalized spacial score (nSPS) is 16.5. The zero-order chi connectivity index (χ0) is 22.4. The lowest BCUT2D eigenvalue weighted by Gasteiger charge is -2.40. The number of allylic oxidation sites excluding steroid dienone is 1. The van der Waals surface area contributed by atoms with Crippen molar-refractivity contribution in [2.24, 2.45) is 0 Å². The van der Waals surface area contributed by atoms with E-state index in [-0.39, 0.29) is 29.9 Å². The number of nitro groups is 1. The van der Waals surface area contributed by atoms with Crippen LogP contribution in [0.25, 0.3) is 0 Å². The molecular formula is C21H25N3O6. The first-order valence-electron chi connectivity index (χ1n) is 9.57. The van der Waals surface area contributed by atoms with E-state index in [1.54, 1.807) is 13.0 Å². The molecule has 1 aliphatic heterocycles. The van der Waals surface area contributed by atoms with Crippen molar-refractivity contribution in [2.45, 2.75) is 39.2 Å². The molecule has 160 valence electrons. The molecule has 0 N–H and O–H groups in total. The van der Waals surface area contributed by atoms with Crippen molar-refractivity contribution in [3.63, 3.8) is 0 Å². The van der Waals surface area contributed by atoms with Crippen molar-refractivity contribution in [2.75, 3.05) is 13.7 Å². The van der Waals surface area contributed by atoms with E-state index < -0.39 is 28.9 Å². The summed E-state index contributed by atoms with van der Waals surface area (Å²) in [5.41, 5.74) is 0.450. The number of amides is 3. The Balaban J connectivity index is 2.69. The van der Waals surface area contributed by atoms with E-state index in [4.69, 9.17) is 4.74 Å². The molecule has 0 bridgehead atoms. The Labute approximate surface area is 174 Å². The largest absolute Gasteiger partial charge is 0.458 e. The van der Waals surface area contributed by atoms with Gasteiger partial charge in [-0.25, -0.2) is 9.59 Å². The van der Waals surface area contributed by atoms with Gasteiger partial charge in [-0.05, 0) is 18.9 Å². The second-order valence-corrected chi connectivity index (χ2v) is 6.85. The first kappa shape index (κ1) is 22.8. The lowest BCUT2D eigenvalue weighted by Crippen LogP contribution is -2.51. The standard InChI is InChI=1S/C21H25N3O6/c1-5-7-11-17(25)23-19(15-9-8-10-16(13-15)24(28)29)18(20(26)30-12-6-2)14(3)22(4)21(23)27/h6,8-10,13,19H,2,5,7,11-12H2,1,3-4H3. The molecule has 0 saturated heterocycles. The predicted molar refractivity (Wildman–Crippen MR) is 109 cm³/mol. The summed E-state index contributed by atoms with van der Waals surface area (Å²) in [6.07, 6.45) is 2.81. The second kappa shape index (κ2) is 9.82. The van der Waals surface area contributed by atoms with Gasteiger partial charge in [-0.3, -0.25) is 19.8 Å². The van der Waals surface area contributed by atoms with Crippen molar-refractivity contribution < 1.29 is 24.0 Å². The van der Waals surface area contributed by atoms with Crippen molar-refractivity contribution >= 4 is 23.6 Å². The number of carbonyl (C=O) groups is 3. The van der Waals surface area contributed by atoms with Gasteiger partial charge in [-0.1, -0.05) is 38.1 Å². The number of non-ortho nitro benzene ring substituents is 1. The molecule has 2 rings (SSSR count). The molecule has 0 aromatic heterocycles. The van der Waals surface area contributed by atoms with Crippen molar-refractivity contribution in [3.05, 3.63) is 63.9 Å². The maximum Gasteiger partial charge on any atom is 0.338 e. The molecule has 0 aliphatic carbocycles. The number of esters is 1. The number of nitro benzene ring substituents is 1.